The Kier molecular flexibility index (Phi) is 5.53. The molecule has 25 heavy (non-hydrogen) atoms. The highest BCUT2D eigenvalue weighted by Gasteiger charge is 2.26. The van der Waals surface area contributed by atoms with Crippen molar-refractivity contribution in [1.82, 2.24) is 4.90 Å². The molecule has 0 bridgehead atoms. The monoisotopic (exact) mass is 356 g/mol. The lowest BCUT2D eigenvalue weighted by atomic mass is 10.1. The minimum absolute atomic E-state index is 0.115. The third kappa shape index (κ3) is 4.10. The molecule has 1 aliphatic rings. The summed E-state index contributed by atoms with van der Waals surface area (Å²) in [5.74, 6) is 1.93. The third-order valence-corrected chi connectivity index (χ3v) is 5.71. The maximum atomic E-state index is 12.8. The Bertz CT molecular complexity index is 713. The van der Waals surface area contributed by atoms with Gasteiger partial charge in [-0.1, -0.05) is 12.1 Å². The lowest BCUT2D eigenvalue weighted by Gasteiger charge is -2.33. The number of carbonyl (C=O) groups excluding carboxylic acids is 1. The zero-order valence-electron chi connectivity index (χ0n) is 14.9. The number of hydrogen-bond donors (Lipinski definition) is 0. The molecule has 0 radical (unpaired) electrons. The van der Waals surface area contributed by atoms with Crippen molar-refractivity contribution in [2.45, 2.75) is 5.25 Å². The maximum Gasteiger partial charge on any atom is 0.253 e. The molecule has 0 aliphatic carbocycles. The summed E-state index contributed by atoms with van der Waals surface area (Å²) in [4.78, 5) is 16.8. The van der Waals surface area contributed by atoms with Gasteiger partial charge in [-0.2, -0.15) is 11.8 Å². The summed E-state index contributed by atoms with van der Waals surface area (Å²) >= 11 is 1.91. The van der Waals surface area contributed by atoms with Crippen LogP contribution in [0.3, 0.4) is 0 Å². The number of nitrogens with zero attached hydrogens (tertiary/aromatic N) is 2. The van der Waals surface area contributed by atoms with E-state index in [9.17, 15) is 4.79 Å². The van der Waals surface area contributed by atoms with E-state index in [0.29, 0.717) is 5.25 Å². The van der Waals surface area contributed by atoms with Crippen LogP contribution < -0.4 is 9.64 Å². The van der Waals surface area contributed by atoms with Gasteiger partial charge in [-0.15, -0.1) is 0 Å². The van der Waals surface area contributed by atoms with Gasteiger partial charge in [0.2, 0.25) is 0 Å². The number of carbonyl (C=O) groups is 1. The van der Waals surface area contributed by atoms with Crippen molar-refractivity contribution in [3.8, 4) is 5.75 Å². The normalized spacial score (nSPS) is 17.2. The highest BCUT2D eigenvalue weighted by molar-refractivity contribution is 7.99. The fourth-order valence-corrected chi connectivity index (χ4v) is 4.18. The molecule has 1 aliphatic heterocycles. The van der Waals surface area contributed by atoms with Gasteiger partial charge in [0.25, 0.3) is 5.91 Å². The molecule has 3 rings (SSSR count). The average Bonchev–Trinajstić information content (AvgIpc) is 2.67. The van der Waals surface area contributed by atoms with Crippen LogP contribution in [0.15, 0.2) is 48.5 Å². The molecule has 1 atom stereocenters. The van der Waals surface area contributed by atoms with E-state index in [2.05, 4.69) is 12.1 Å². The first kappa shape index (κ1) is 17.7. The van der Waals surface area contributed by atoms with Crippen LogP contribution in [-0.4, -0.2) is 50.9 Å². The van der Waals surface area contributed by atoms with Crippen LogP contribution in [0.25, 0.3) is 0 Å². The van der Waals surface area contributed by atoms with Crippen molar-refractivity contribution in [3.05, 3.63) is 59.7 Å². The van der Waals surface area contributed by atoms with E-state index < -0.39 is 0 Å². The summed E-state index contributed by atoms with van der Waals surface area (Å²) in [7, 11) is 5.67. The summed E-state index contributed by atoms with van der Waals surface area (Å²) in [5.41, 5.74) is 3.10. The predicted octanol–water partition coefficient (Wildman–Crippen LogP) is 3.69. The smallest absolute Gasteiger partial charge is 0.253 e. The number of hydrogen-bond acceptors (Lipinski definition) is 4. The second-order valence-electron chi connectivity index (χ2n) is 6.33. The van der Waals surface area contributed by atoms with E-state index in [-0.39, 0.29) is 5.91 Å². The van der Waals surface area contributed by atoms with Gasteiger partial charge in [0.05, 0.1) is 7.11 Å². The first-order valence-electron chi connectivity index (χ1n) is 8.40. The molecule has 0 saturated carbocycles. The van der Waals surface area contributed by atoms with Crippen molar-refractivity contribution < 1.29 is 9.53 Å². The zero-order valence-corrected chi connectivity index (χ0v) is 15.8. The molecule has 4 nitrogen and oxygen atoms in total. The average molecular weight is 356 g/mol. The van der Waals surface area contributed by atoms with E-state index >= 15 is 0 Å². The quantitative estimate of drug-likeness (QED) is 0.836. The van der Waals surface area contributed by atoms with Gasteiger partial charge in [0, 0.05) is 49.4 Å². The van der Waals surface area contributed by atoms with Crippen LogP contribution in [0.1, 0.15) is 21.2 Å². The second kappa shape index (κ2) is 7.83. The van der Waals surface area contributed by atoms with Crippen LogP contribution in [-0.2, 0) is 0 Å². The molecule has 0 spiro atoms. The zero-order chi connectivity index (χ0) is 17.8. The van der Waals surface area contributed by atoms with Crippen LogP contribution in [0.4, 0.5) is 5.69 Å². The van der Waals surface area contributed by atoms with Gasteiger partial charge in [-0.25, -0.2) is 0 Å². The summed E-state index contributed by atoms with van der Waals surface area (Å²) in [6, 6.07) is 16.0. The van der Waals surface area contributed by atoms with Gasteiger partial charge in [-0.05, 0) is 42.0 Å². The number of thioether (sulfide) groups is 1. The Balaban J connectivity index is 1.70. The Morgan fingerprint density at radius 1 is 1.12 bits per heavy atom. The van der Waals surface area contributed by atoms with Gasteiger partial charge in [-0.3, -0.25) is 4.79 Å². The molecule has 2 aromatic carbocycles. The molecule has 1 heterocycles. The standard InChI is InChI=1S/C20H24N2O2S/c1-21(2)17-8-4-16(5-9-17)20(23)22-12-13-25-19(14-22)15-6-10-18(24-3)11-7-15/h4-11,19H,12-14H2,1-3H3. The molecule has 1 saturated heterocycles. The van der Waals surface area contributed by atoms with Crippen molar-refractivity contribution in [2.75, 3.05) is 44.9 Å². The van der Waals surface area contributed by atoms with E-state index in [1.54, 1.807) is 7.11 Å². The summed E-state index contributed by atoms with van der Waals surface area (Å²) in [6.07, 6.45) is 0. The van der Waals surface area contributed by atoms with Gasteiger partial charge >= 0.3 is 0 Å². The minimum atomic E-state index is 0.115. The van der Waals surface area contributed by atoms with E-state index in [4.69, 9.17) is 4.74 Å². The molecule has 1 fully saturated rings. The maximum absolute atomic E-state index is 12.8. The summed E-state index contributed by atoms with van der Waals surface area (Å²) in [6.45, 7) is 1.54. The van der Waals surface area contributed by atoms with Crippen LogP contribution >= 0.6 is 11.8 Å². The molecule has 1 amide bonds. The third-order valence-electron chi connectivity index (χ3n) is 4.47. The van der Waals surface area contributed by atoms with Crippen LogP contribution in [0, 0.1) is 0 Å². The van der Waals surface area contributed by atoms with Crippen LogP contribution in [0.5, 0.6) is 5.75 Å². The Hall–Kier alpha value is -2.14. The first-order valence-corrected chi connectivity index (χ1v) is 9.45. The molecule has 0 aromatic heterocycles. The molecule has 132 valence electrons. The fraction of sp³-hybridized carbons (Fsp3) is 0.350. The van der Waals surface area contributed by atoms with Crippen molar-refractivity contribution >= 4 is 23.4 Å². The summed E-state index contributed by atoms with van der Waals surface area (Å²) in [5, 5.41) is 0.310. The van der Waals surface area contributed by atoms with Crippen molar-refractivity contribution in [2.24, 2.45) is 0 Å². The lowest BCUT2D eigenvalue weighted by Crippen LogP contribution is -2.39. The molecular formula is C20H24N2O2S. The predicted molar refractivity (Wildman–Crippen MR) is 105 cm³/mol. The van der Waals surface area contributed by atoms with Gasteiger partial charge in [0.15, 0.2) is 0 Å². The Morgan fingerprint density at radius 2 is 1.80 bits per heavy atom. The molecule has 5 heteroatoms. The lowest BCUT2D eigenvalue weighted by molar-refractivity contribution is 0.0761. The fourth-order valence-electron chi connectivity index (χ4n) is 2.94. The Morgan fingerprint density at radius 3 is 2.40 bits per heavy atom. The number of anilines is 1. The topological polar surface area (TPSA) is 32.8 Å². The van der Waals surface area contributed by atoms with Gasteiger partial charge in [0.1, 0.15) is 5.75 Å². The minimum Gasteiger partial charge on any atom is -0.497 e. The Labute approximate surface area is 153 Å². The largest absolute Gasteiger partial charge is 0.497 e. The highest BCUT2D eigenvalue weighted by atomic mass is 32.2. The number of amides is 1. The number of rotatable bonds is 4. The number of benzene rings is 2. The van der Waals surface area contributed by atoms with Gasteiger partial charge < -0.3 is 14.5 Å². The second-order valence-corrected chi connectivity index (χ2v) is 7.64. The van der Waals surface area contributed by atoms with E-state index in [1.807, 2.05) is 72.1 Å². The summed E-state index contributed by atoms with van der Waals surface area (Å²) < 4.78 is 5.23. The van der Waals surface area contributed by atoms with Crippen molar-refractivity contribution in [1.29, 1.82) is 0 Å². The van der Waals surface area contributed by atoms with E-state index in [0.717, 1.165) is 35.8 Å². The number of methoxy groups -OCH3 is 1. The number of ether oxygens (including phenoxy) is 1. The van der Waals surface area contributed by atoms with Crippen molar-refractivity contribution in [3.63, 3.8) is 0 Å². The molecule has 0 N–H and O–H groups in total. The highest BCUT2D eigenvalue weighted by Crippen LogP contribution is 2.34. The van der Waals surface area contributed by atoms with Crippen LogP contribution in [0.2, 0.25) is 0 Å². The molecule has 1 unspecified atom stereocenters. The van der Waals surface area contributed by atoms with E-state index in [1.165, 1.54) is 5.56 Å². The first-order chi connectivity index (χ1) is 12.1. The molecule has 2 aromatic rings. The molecular weight excluding hydrogens is 332 g/mol. The SMILES string of the molecule is COc1ccc(C2CN(C(=O)c3ccc(N(C)C)cc3)CCS2)cc1.